The largest absolute Gasteiger partial charge is 0.311 e. The monoisotopic (exact) mass is 167 g/mol. The van der Waals surface area contributed by atoms with Crippen molar-refractivity contribution in [3.05, 3.63) is 0 Å². The van der Waals surface area contributed by atoms with Crippen LogP contribution in [-0.2, 0) is 0 Å². The molecule has 0 aliphatic heterocycles. The van der Waals surface area contributed by atoms with Crippen molar-refractivity contribution in [3.8, 4) is 0 Å². The average Bonchev–Trinajstić information content (AvgIpc) is 2.80. The molecule has 0 heterocycles. The van der Waals surface area contributed by atoms with Crippen LogP contribution in [0.25, 0.3) is 0 Å². The summed E-state index contributed by atoms with van der Waals surface area (Å²) in [7, 11) is 0. The predicted molar refractivity (Wildman–Crippen MR) is 52.1 cm³/mol. The van der Waals surface area contributed by atoms with Crippen molar-refractivity contribution in [2.24, 2.45) is 11.8 Å². The quantitative estimate of drug-likeness (QED) is 0.681. The molecular formula is C11H21N. The van der Waals surface area contributed by atoms with E-state index in [-0.39, 0.29) is 0 Å². The minimum atomic E-state index is 0.849. The fraction of sp³-hybridized carbons (Fsp3) is 1.00. The molecule has 1 nitrogen and oxygen atoms in total. The second-order valence-electron chi connectivity index (χ2n) is 4.65. The third-order valence-corrected chi connectivity index (χ3v) is 3.78. The molecule has 12 heavy (non-hydrogen) atoms. The van der Waals surface area contributed by atoms with E-state index in [2.05, 4.69) is 19.2 Å². The zero-order valence-electron chi connectivity index (χ0n) is 8.34. The normalized spacial score (nSPS) is 42.0. The van der Waals surface area contributed by atoms with E-state index in [1.54, 1.807) is 0 Å². The van der Waals surface area contributed by atoms with Gasteiger partial charge in [-0.05, 0) is 37.5 Å². The fourth-order valence-corrected chi connectivity index (χ4v) is 2.61. The van der Waals surface area contributed by atoms with Gasteiger partial charge in [0.25, 0.3) is 0 Å². The van der Waals surface area contributed by atoms with Crippen LogP contribution in [0.4, 0.5) is 0 Å². The van der Waals surface area contributed by atoms with Gasteiger partial charge in [0.1, 0.15) is 0 Å². The molecule has 3 unspecified atom stereocenters. The van der Waals surface area contributed by atoms with Gasteiger partial charge in [-0.15, -0.1) is 0 Å². The lowest BCUT2D eigenvalue weighted by Gasteiger charge is -2.20. The zero-order valence-corrected chi connectivity index (χ0v) is 8.34. The highest BCUT2D eigenvalue weighted by Crippen LogP contribution is 2.35. The molecule has 0 aromatic heterocycles. The molecule has 1 heteroatoms. The molecule has 0 radical (unpaired) electrons. The summed E-state index contributed by atoms with van der Waals surface area (Å²) >= 11 is 0. The maximum atomic E-state index is 3.77. The zero-order chi connectivity index (χ0) is 8.55. The van der Waals surface area contributed by atoms with E-state index >= 15 is 0 Å². The highest BCUT2D eigenvalue weighted by Gasteiger charge is 2.34. The average molecular weight is 167 g/mol. The van der Waals surface area contributed by atoms with E-state index < -0.39 is 0 Å². The first kappa shape index (κ1) is 8.55. The maximum Gasteiger partial charge on any atom is 0.00980 e. The summed E-state index contributed by atoms with van der Waals surface area (Å²) in [6.45, 7) is 4.77. The summed E-state index contributed by atoms with van der Waals surface area (Å²) in [5, 5.41) is 3.77. The van der Waals surface area contributed by atoms with Gasteiger partial charge < -0.3 is 5.32 Å². The summed E-state index contributed by atoms with van der Waals surface area (Å²) in [5.41, 5.74) is 0. The number of nitrogens with one attached hydrogen (secondary N) is 1. The number of rotatable bonds is 3. The smallest absolute Gasteiger partial charge is 0.00980 e. The van der Waals surface area contributed by atoms with Crippen LogP contribution in [0.5, 0.6) is 0 Å². The van der Waals surface area contributed by atoms with Crippen LogP contribution in [0.15, 0.2) is 0 Å². The standard InChI is InChI=1S/C11H21N/c1-3-9-4-7-11(8(9)2)12-10-5-6-10/h8-12H,3-7H2,1-2H3. The Labute approximate surface area is 75.9 Å². The van der Waals surface area contributed by atoms with Crippen LogP contribution >= 0.6 is 0 Å². The molecule has 2 saturated carbocycles. The van der Waals surface area contributed by atoms with Gasteiger partial charge in [-0.25, -0.2) is 0 Å². The molecule has 0 saturated heterocycles. The third kappa shape index (κ3) is 1.66. The fourth-order valence-electron chi connectivity index (χ4n) is 2.61. The molecule has 2 fully saturated rings. The van der Waals surface area contributed by atoms with Gasteiger partial charge in [0.2, 0.25) is 0 Å². The molecule has 0 aromatic carbocycles. The van der Waals surface area contributed by atoms with E-state index in [1.165, 1.54) is 32.1 Å². The molecule has 2 aliphatic rings. The number of hydrogen-bond acceptors (Lipinski definition) is 1. The van der Waals surface area contributed by atoms with Crippen molar-refractivity contribution >= 4 is 0 Å². The SMILES string of the molecule is CCC1CCC(NC2CC2)C1C. The van der Waals surface area contributed by atoms with E-state index in [0.717, 1.165) is 23.9 Å². The van der Waals surface area contributed by atoms with Crippen molar-refractivity contribution in [2.75, 3.05) is 0 Å². The van der Waals surface area contributed by atoms with E-state index in [9.17, 15) is 0 Å². The van der Waals surface area contributed by atoms with Crippen molar-refractivity contribution in [3.63, 3.8) is 0 Å². The minimum Gasteiger partial charge on any atom is -0.311 e. The molecule has 3 atom stereocenters. The summed E-state index contributed by atoms with van der Waals surface area (Å²) in [6, 6.07) is 1.75. The first-order valence-corrected chi connectivity index (χ1v) is 5.57. The van der Waals surface area contributed by atoms with Gasteiger partial charge in [-0.1, -0.05) is 20.3 Å². The Kier molecular flexibility index (Phi) is 2.40. The van der Waals surface area contributed by atoms with Crippen molar-refractivity contribution < 1.29 is 0 Å². The minimum absolute atomic E-state index is 0.849. The highest BCUT2D eigenvalue weighted by molar-refractivity contribution is 4.92. The van der Waals surface area contributed by atoms with Gasteiger partial charge in [0, 0.05) is 12.1 Å². The van der Waals surface area contributed by atoms with Crippen LogP contribution in [0, 0.1) is 11.8 Å². The van der Waals surface area contributed by atoms with Gasteiger partial charge in [-0.3, -0.25) is 0 Å². The topological polar surface area (TPSA) is 12.0 Å². The van der Waals surface area contributed by atoms with Crippen LogP contribution in [0.2, 0.25) is 0 Å². The van der Waals surface area contributed by atoms with Crippen molar-refractivity contribution in [1.29, 1.82) is 0 Å². The molecular weight excluding hydrogens is 146 g/mol. The number of hydrogen-bond donors (Lipinski definition) is 1. The molecule has 2 aliphatic carbocycles. The Morgan fingerprint density at radius 1 is 1.17 bits per heavy atom. The Hall–Kier alpha value is -0.0400. The lowest BCUT2D eigenvalue weighted by molar-refractivity contribution is 0.344. The predicted octanol–water partition coefficient (Wildman–Crippen LogP) is 2.56. The van der Waals surface area contributed by atoms with E-state index in [1.807, 2.05) is 0 Å². The Balaban J connectivity index is 1.82. The van der Waals surface area contributed by atoms with Gasteiger partial charge >= 0.3 is 0 Å². The third-order valence-electron chi connectivity index (χ3n) is 3.78. The van der Waals surface area contributed by atoms with Crippen molar-refractivity contribution in [1.82, 2.24) is 5.32 Å². The molecule has 0 amide bonds. The van der Waals surface area contributed by atoms with Crippen LogP contribution in [0.3, 0.4) is 0 Å². The summed E-state index contributed by atoms with van der Waals surface area (Å²) in [5.74, 6) is 1.93. The molecule has 0 aromatic rings. The molecule has 0 bridgehead atoms. The van der Waals surface area contributed by atoms with Crippen LogP contribution in [-0.4, -0.2) is 12.1 Å². The summed E-state index contributed by atoms with van der Waals surface area (Å²) < 4.78 is 0. The van der Waals surface area contributed by atoms with Gasteiger partial charge in [-0.2, -0.15) is 0 Å². The molecule has 1 N–H and O–H groups in total. The van der Waals surface area contributed by atoms with Crippen molar-refractivity contribution in [2.45, 2.75) is 58.0 Å². The highest BCUT2D eigenvalue weighted by atomic mass is 15.0. The summed E-state index contributed by atoms with van der Waals surface area (Å²) in [4.78, 5) is 0. The maximum absolute atomic E-state index is 3.77. The Morgan fingerprint density at radius 2 is 1.92 bits per heavy atom. The van der Waals surface area contributed by atoms with E-state index in [4.69, 9.17) is 0 Å². The Morgan fingerprint density at radius 3 is 2.42 bits per heavy atom. The Bertz CT molecular complexity index is 151. The van der Waals surface area contributed by atoms with Gasteiger partial charge in [0.15, 0.2) is 0 Å². The van der Waals surface area contributed by atoms with Gasteiger partial charge in [0.05, 0.1) is 0 Å². The first-order chi connectivity index (χ1) is 5.81. The lowest BCUT2D eigenvalue weighted by Crippen LogP contribution is -2.34. The van der Waals surface area contributed by atoms with Crippen LogP contribution < -0.4 is 5.32 Å². The van der Waals surface area contributed by atoms with Crippen LogP contribution in [0.1, 0.15) is 46.0 Å². The first-order valence-electron chi connectivity index (χ1n) is 5.57. The second kappa shape index (κ2) is 3.37. The molecule has 70 valence electrons. The second-order valence-corrected chi connectivity index (χ2v) is 4.65. The summed E-state index contributed by atoms with van der Waals surface area (Å²) in [6.07, 6.45) is 7.13. The van der Waals surface area contributed by atoms with E-state index in [0.29, 0.717) is 0 Å². The molecule has 2 rings (SSSR count). The molecule has 0 spiro atoms. The lowest BCUT2D eigenvalue weighted by atomic mass is 9.93.